The van der Waals surface area contributed by atoms with Crippen LogP contribution in [0.3, 0.4) is 0 Å². The van der Waals surface area contributed by atoms with E-state index in [9.17, 15) is 4.79 Å². The van der Waals surface area contributed by atoms with E-state index < -0.39 is 0 Å². The highest BCUT2D eigenvalue weighted by Crippen LogP contribution is 2.22. The topological polar surface area (TPSA) is 43.6 Å². The van der Waals surface area contributed by atoms with E-state index in [-0.39, 0.29) is 5.91 Å². The lowest BCUT2D eigenvalue weighted by atomic mass is 10.1. The van der Waals surface area contributed by atoms with Crippen LogP contribution in [-0.4, -0.2) is 29.4 Å². The second kappa shape index (κ2) is 9.54. The molecule has 0 spiro atoms. The highest BCUT2D eigenvalue weighted by Gasteiger charge is 2.10. The first-order valence-electron chi connectivity index (χ1n) is 9.43. The number of aryl methyl sites for hydroxylation is 3. The van der Waals surface area contributed by atoms with E-state index >= 15 is 0 Å². The number of amides is 1. The van der Waals surface area contributed by atoms with E-state index in [0.717, 1.165) is 19.9 Å². The third kappa shape index (κ3) is 5.13. The Balaban J connectivity index is 1.87. The van der Waals surface area contributed by atoms with Crippen molar-refractivity contribution in [3.05, 3.63) is 57.9 Å². The van der Waals surface area contributed by atoms with Gasteiger partial charge >= 0.3 is 0 Å². The normalized spacial score (nSPS) is 12.1. The first kappa shape index (κ1) is 20.8. The average Bonchev–Trinajstić information content (AvgIpc) is 2.98. The molecule has 0 saturated heterocycles. The molecule has 0 aliphatic heterocycles. The van der Waals surface area contributed by atoms with E-state index in [1.54, 1.807) is 11.3 Å². The van der Waals surface area contributed by atoms with Gasteiger partial charge < -0.3 is 9.30 Å². The molecule has 0 N–H and O–H groups in total. The Kier molecular flexibility index (Phi) is 7.10. The number of ether oxygens (including phenoxy) is 1. The molecule has 0 unspecified atom stereocenters. The van der Waals surface area contributed by atoms with Crippen molar-refractivity contribution in [3.8, 4) is 0 Å². The monoisotopic (exact) mass is 414 g/mol. The third-order valence-electron chi connectivity index (χ3n) is 4.57. The average molecular weight is 415 g/mol. The molecule has 4 nitrogen and oxygen atoms in total. The van der Waals surface area contributed by atoms with Crippen LogP contribution in [0.1, 0.15) is 23.6 Å². The SMILES string of the molecule is CCOCCn1c(=NC(=O)CSc2ccc(C)cc2)sc2cc(C)c(C)cc21. The number of carbonyl (C=O) groups is 1. The van der Waals surface area contributed by atoms with Gasteiger partial charge in [-0.05, 0) is 63.1 Å². The van der Waals surface area contributed by atoms with Crippen LogP contribution < -0.4 is 4.80 Å². The Morgan fingerprint density at radius 3 is 2.57 bits per heavy atom. The lowest BCUT2D eigenvalue weighted by molar-refractivity contribution is -0.115. The Morgan fingerprint density at radius 1 is 1.14 bits per heavy atom. The van der Waals surface area contributed by atoms with Gasteiger partial charge in [0.05, 0.1) is 22.6 Å². The first-order chi connectivity index (χ1) is 13.5. The van der Waals surface area contributed by atoms with Gasteiger partial charge in [0.1, 0.15) is 0 Å². The van der Waals surface area contributed by atoms with E-state index in [4.69, 9.17) is 4.74 Å². The molecule has 3 rings (SSSR count). The van der Waals surface area contributed by atoms with Gasteiger partial charge in [-0.1, -0.05) is 29.0 Å². The quantitative estimate of drug-likeness (QED) is 0.409. The van der Waals surface area contributed by atoms with Crippen LogP contribution in [0.5, 0.6) is 0 Å². The van der Waals surface area contributed by atoms with Gasteiger partial charge in [-0.3, -0.25) is 4.79 Å². The van der Waals surface area contributed by atoms with Crippen molar-refractivity contribution in [2.45, 2.75) is 39.1 Å². The second-order valence-corrected chi connectivity index (χ2v) is 8.80. The highest BCUT2D eigenvalue weighted by molar-refractivity contribution is 8.00. The maximum absolute atomic E-state index is 12.5. The molecular formula is C22H26N2O2S2. The van der Waals surface area contributed by atoms with Crippen LogP contribution in [0.15, 0.2) is 46.3 Å². The molecule has 0 atom stereocenters. The zero-order chi connectivity index (χ0) is 20.1. The number of hydrogen-bond donors (Lipinski definition) is 0. The van der Waals surface area contributed by atoms with Crippen LogP contribution in [0.4, 0.5) is 0 Å². The number of thioether (sulfide) groups is 1. The third-order valence-corrected chi connectivity index (χ3v) is 6.60. The molecule has 0 fully saturated rings. The molecule has 1 amide bonds. The van der Waals surface area contributed by atoms with Gasteiger partial charge in [0, 0.05) is 18.0 Å². The molecule has 0 radical (unpaired) electrons. The number of fused-ring (bicyclic) bond motifs is 1. The summed E-state index contributed by atoms with van der Waals surface area (Å²) in [5.41, 5.74) is 4.82. The summed E-state index contributed by atoms with van der Waals surface area (Å²) in [6, 6.07) is 12.6. The van der Waals surface area contributed by atoms with Crippen LogP contribution in [0.25, 0.3) is 10.2 Å². The first-order valence-corrected chi connectivity index (χ1v) is 11.2. The summed E-state index contributed by atoms with van der Waals surface area (Å²) < 4.78 is 8.80. The van der Waals surface area contributed by atoms with Crippen LogP contribution in [0.2, 0.25) is 0 Å². The fourth-order valence-electron chi connectivity index (χ4n) is 2.84. The molecule has 2 aromatic carbocycles. The van der Waals surface area contributed by atoms with Crippen LogP contribution in [-0.2, 0) is 16.1 Å². The number of rotatable bonds is 7. The Labute approximate surface area is 174 Å². The van der Waals surface area contributed by atoms with Gasteiger partial charge in [-0.15, -0.1) is 11.8 Å². The largest absolute Gasteiger partial charge is 0.380 e. The maximum Gasteiger partial charge on any atom is 0.258 e. The molecule has 1 aromatic heterocycles. The summed E-state index contributed by atoms with van der Waals surface area (Å²) in [7, 11) is 0. The fraction of sp³-hybridized carbons (Fsp3) is 0.364. The predicted octanol–water partition coefficient (Wildman–Crippen LogP) is 4.88. The van der Waals surface area contributed by atoms with Crippen molar-refractivity contribution in [2.75, 3.05) is 19.0 Å². The van der Waals surface area contributed by atoms with E-state index in [1.807, 2.05) is 19.1 Å². The number of nitrogens with zero attached hydrogens (tertiary/aromatic N) is 2. The van der Waals surface area contributed by atoms with Crippen molar-refractivity contribution >= 4 is 39.2 Å². The molecule has 0 bridgehead atoms. The van der Waals surface area contributed by atoms with Crippen molar-refractivity contribution < 1.29 is 9.53 Å². The molecule has 1 heterocycles. The van der Waals surface area contributed by atoms with Gasteiger partial charge in [0.25, 0.3) is 5.91 Å². The number of carbonyl (C=O) groups excluding carboxylic acids is 1. The molecule has 28 heavy (non-hydrogen) atoms. The van der Waals surface area contributed by atoms with E-state index in [0.29, 0.717) is 25.5 Å². The Bertz CT molecular complexity index is 1030. The molecule has 0 aliphatic rings. The van der Waals surface area contributed by atoms with Crippen molar-refractivity contribution in [1.29, 1.82) is 0 Å². The summed E-state index contributed by atoms with van der Waals surface area (Å²) in [6.07, 6.45) is 0. The van der Waals surface area contributed by atoms with E-state index in [2.05, 4.69) is 54.6 Å². The van der Waals surface area contributed by atoms with Gasteiger partial charge in [-0.25, -0.2) is 0 Å². The lowest BCUT2D eigenvalue weighted by Crippen LogP contribution is -2.20. The van der Waals surface area contributed by atoms with Crippen molar-refractivity contribution in [2.24, 2.45) is 4.99 Å². The lowest BCUT2D eigenvalue weighted by Gasteiger charge is -2.07. The van der Waals surface area contributed by atoms with Crippen LogP contribution in [0, 0.1) is 20.8 Å². The van der Waals surface area contributed by atoms with Crippen molar-refractivity contribution in [1.82, 2.24) is 4.57 Å². The molecule has 148 valence electrons. The Hall–Kier alpha value is -1.89. The van der Waals surface area contributed by atoms with Gasteiger partial charge in [-0.2, -0.15) is 4.99 Å². The molecular weight excluding hydrogens is 388 g/mol. The number of benzene rings is 2. The summed E-state index contributed by atoms with van der Waals surface area (Å²) in [5.74, 6) is 0.219. The van der Waals surface area contributed by atoms with Gasteiger partial charge in [0.15, 0.2) is 4.80 Å². The van der Waals surface area contributed by atoms with Crippen LogP contribution >= 0.6 is 23.1 Å². The fourth-order valence-corrected chi connectivity index (χ4v) is 4.68. The predicted molar refractivity (Wildman–Crippen MR) is 118 cm³/mol. The molecule has 0 aliphatic carbocycles. The molecule has 6 heteroatoms. The summed E-state index contributed by atoms with van der Waals surface area (Å²) >= 11 is 3.09. The highest BCUT2D eigenvalue weighted by atomic mass is 32.2. The summed E-state index contributed by atoms with van der Waals surface area (Å²) in [4.78, 5) is 18.8. The smallest absolute Gasteiger partial charge is 0.258 e. The Morgan fingerprint density at radius 2 is 1.86 bits per heavy atom. The standard InChI is InChI=1S/C22H26N2O2S2/c1-5-26-11-10-24-19-12-16(3)17(4)13-20(19)28-22(24)23-21(25)14-27-18-8-6-15(2)7-9-18/h6-9,12-13H,5,10-11,14H2,1-4H3. The summed E-state index contributed by atoms with van der Waals surface area (Å²) in [6.45, 7) is 10.2. The minimum absolute atomic E-state index is 0.115. The minimum atomic E-state index is -0.115. The number of aromatic nitrogens is 1. The summed E-state index contributed by atoms with van der Waals surface area (Å²) in [5, 5.41) is 0. The zero-order valence-corrected chi connectivity index (χ0v) is 18.5. The van der Waals surface area contributed by atoms with Gasteiger partial charge in [0.2, 0.25) is 0 Å². The molecule has 0 saturated carbocycles. The maximum atomic E-state index is 12.5. The minimum Gasteiger partial charge on any atom is -0.380 e. The molecule has 3 aromatic rings. The van der Waals surface area contributed by atoms with E-state index in [1.165, 1.54) is 28.5 Å². The number of thiazole rings is 1. The zero-order valence-electron chi connectivity index (χ0n) is 16.8. The van der Waals surface area contributed by atoms with Crippen molar-refractivity contribution in [3.63, 3.8) is 0 Å². The number of hydrogen-bond acceptors (Lipinski definition) is 4. The second-order valence-electron chi connectivity index (χ2n) is 6.74.